The number of hydrogen-bond donors (Lipinski definition) is 0. The van der Waals surface area contributed by atoms with E-state index in [1.54, 1.807) is 36.4 Å². The molecular weight excluding hydrogens is 231 g/mol. The maximum Gasteiger partial charge on any atom is 0.146 e. The van der Waals surface area contributed by atoms with Gasteiger partial charge in [-0.3, -0.25) is 0 Å². The van der Waals surface area contributed by atoms with Gasteiger partial charge in [0.15, 0.2) is 0 Å². The summed E-state index contributed by atoms with van der Waals surface area (Å²) in [6.45, 7) is 0. The minimum atomic E-state index is 0.465. The molecule has 0 bridgehead atoms. The van der Waals surface area contributed by atoms with Gasteiger partial charge >= 0.3 is 0 Å². The zero-order chi connectivity index (χ0) is 10.7. The molecule has 2 rings (SSSR count). The van der Waals surface area contributed by atoms with Crippen LogP contribution >= 0.6 is 23.2 Å². The van der Waals surface area contributed by atoms with Gasteiger partial charge < -0.3 is 4.74 Å². The van der Waals surface area contributed by atoms with Crippen molar-refractivity contribution < 1.29 is 4.74 Å². The highest BCUT2D eigenvalue weighted by Gasteiger charge is 2.01. The van der Waals surface area contributed by atoms with Gasteiger partial charge in [0.25, 0.3) is 0 Å². The lowest BCUT2D eigenvalue weighted by molar-refractivity contribution is 0.483. The quantitative estimate of drug-likeness (QED) is 0.743. The second kappa shape index (κ2) is 4.56. The summed E-state index contributed by atoms with van der Waals surface area (Å²) in [6, 6.07) is 15.3. The smallest absolute Gasteiger partial charge is 0.146 e. The van der Waals surface area contributed by atoms with Crippen LogP contribution in [0.3, 0.4) is 0 Å². The Kier molecular flexibility index (Phi) is 3.14. The molecule has 0 saturated carbocycles. The fourth-order valence-corrected chi connectivity index (χ4v) is 1.40. The Labute approximate surface area is 98.2 Å². The van der Waals surface area contributed by atoms with Crippen LogP contribution in [0.1, 0.15) is 0 Å². The highest BCUT2D eigenvalue weighted by molar-refractivity contribution is 6.32. The first-order chi connectivity index (χ1) is 7.25. The van der Waals surface area contributed by atoms with Gasteiger partial charge in [-0.05, 0) is 30.3 Å². The van der Waals surface area contributed by atoms with Crippen LogP contribution in [0.2, 0.25) is 10.0 Å². The summed E-state index contributed by atoms with van der Waals surface area (Å²) < 4.78 is 5.54. The van der Waals surface area contributed by atoms with Gasteiger partial charge in [-0.25, -0.2) is 0 Å². The van der Waals surface area contributed by atoms with E-state index in [9.17, 15) is 0 Å². The first-order valence-corrected chi connectivity index (χ1v) is 5.11. The van der Waals surface area contributed by atoms with E-state index in [4.69, 9.17) is 27.9 Å². The molecule has 15 heavy (non-hydrogen) atoms. The summed E-state index contributed by atoms with van der Waals surface area (Å²) >= 11 is 11.7. The largest absolute Gasteiger partial charge is 0.456 e. The molecule has 0 aliphatic heterocycles. The Balaban J connectivity index is 2.22. The molecule has 0 amide bonds. The van der Waals surface area contributed by atoms with E-state index < -0.39 is 0 Å². The van der Waals surface area contributed by atoms with Gasteiger partial charge in [0.1, 0.15) is 11.5 Å². The van der Waals surface area contributed by atoms with E-state index in [2.05, 4.69) is 6.07 Å². The SMILES string of the molecule is Clc1ccc(Oc2ccc[c]c2Cl)cc1. The van der Waals surface area contributed by atoms with Crippen molar-refractivity contribution in [3.05, 3.63) is 58.6 Å². The molecule has 0 heterocycles. The monoisotopic (exact) mass is 237 g/mol. The van der Waals surface area contributed by atoms with E-state index in [-0.39, 0.29) is 0 Å². The van der Waals surface area contributed by atoms with E-state index >= 15 is 0 Å². The lowest BCUT2D eigenvalue weighted by Crippen LogP contribution is -1.84. The van der Waals surface area contributed by atoms with E-state index in [0.717, 1.165) is 0 Å². The molecular formula is C12H7Cl2O. The summed E-state index contributed by atoms with van der Waals surface area (Å²) in [5, 5.41) is 1.14. The maximum absolute atomic E-state index is 5.90. The van der Waals surface area contributed by atoms with Crippen molar-refractivity contribution in [1.29, 1.82) is 0 Å². The van der Waals surface area contributed by atoms with Crippen molar-refractivity contribution in [3.8, 4) is 11.5 Å². The van der Waals surface area contributed by atoms with E-state index in [1.807, 2.05) is 6.07 Å². The Morgan fingerprint density at radius 2 is 1.73 bits per heavy atom. The second-order valence-electron chi connectivity index (χ2n) is 2.90. The Bertz CT molecular complexity index is 451. The second-order valence-corrected chi connectivity index (χ2v) is 3.72. The number of ether oxygens (including phenoxy) is 1. The predicted molar refractivity (Wildman–Crippen MR) is 61.8 cm³/mol. The van der Waals surface area contributed by atoms with Crippen molar-refractivity contribution in [2.24, 2.45) is 0 Å². The molecule has 3 heteroatoms. The molecule has 0 N–H and O–H groups in total. The molecule has 0 atom stereocenters. The average molecular weight is 238 g/mol. The standard InChI is InChI=1S/C12H7Cl2O/c13-9-5-7-10(8-6-9)15-12-4-2-1-3-11(12)14/h1-2,4-8H. The fraction of sp³-hybridized carbons (Fsp3) is 0. The molecule has 0 unspecified atom stereocenters. The van der Waals surface area contributed by atoms with Crippen LogP contribution in [-0.2, 0) is 0 Å². The Morgan fingerprint density at radius 3 is 2.40 bits per heavy atom. The van der Waals surface area contributed by atoms with Crippen LogP contribution in [0, 0.1) is 6.07 Å². The van der Waals surface area contributed by atoms with Crippen LogP contribution in [-0.4, -0.2) is 0 Å². The third-order valence-electron chi connectivity index (χ3n) is 1.81. The molecule has 0 aromatic heterocycles. The number of rotatable bonds is 2. The summed E-state index contributed by atoms with van der Waals surface area (Å²) in [5.41, 5.74) is 0. The molecule has 75 valence electrons. The van der Waals surface area contributed by atoms with Gasteiger partial charge in [0, 0.05) is 11.1 Å². The van der Waals surface area contributed by atoms with Crippen LogP contribution in [0.15, 0.2) is 42.5 Å². The van der Waals surface area contributed by atoms with Crippen molar-refractivity contribution in [3.63, 3.8) is 0 Å². The molecule has 1 nitrogen and oxygen atoms in total. The zero-order valence-corrected chi connectivity index (χ0v) is 9.22. The maximum atomic E-state index is 5.90. The topological polar surface area (TPSA) is 9.23 Å². The molecule has 0 aliphatic rings. The van der Waals surface area contributed by atoms with Crippen LogP contribution in [0.5, 0.6) is 11.5 Å². The third kappa shape index (κ3) is 2.65. The lowest BCUT2D eigenvalue weighted by Gasteiger charge is -2.06. The van der Waals surface area contributed by atoms with Crippen molar-refractivity contribution >= 4 is 23.2 Å². The number of benzene rings is 2. The predicted octanol–water partition coefficient (Wildman–Crippen LogP) is 4.59. The molecule has 2 aromatic rings. The first kappa shape index (κ1) is 10.3. The van der Waals surface area contributed by atoms with Gasteiger partial charge in [-0.15, -0.1) is 0 Å². The number of halogens is 2. The summed E-state index contributed by atoms with van der Waals surface area (Å²) in [7, 11) is 0. The summed E-state index contributed by atoms with van der Waals surface area (Å²) in [5.74, 6) is 1.28. The van der Waals surface area contributed by atoms with Crippen molar-refractivity contribution in [2.75, 3.05) is 0 Å². The molecule has 0 spiro atoms. The normalized spacial score (nSPS) is 10.0. The molecule has 0 fully saturated rings. The zero-order valence-electron chi connectivity index (χ0n) is 7.71. The van der Waals surface area contributed by atoms with Gasteiger partial charge in [0.2, 0.25) is 0 Å². The van der Waals surface area contributed by atoms with Crippen LogP contribution in [0.4, 0.5) is 0 Å². The van der Waals surface area contributed by atoms with Crippen molar-refractivity contribution in [2.45, 2.75) is 0 Å². The summed E-state index contributed by atoms with van der Waals surface area (Å²) in [4.78, 5) is 0. The fourth-order valence-electron chi connectivity index (χ4n) is 1.11. The molecule has 1 radical (unpaired) electrons. The van der Waals surface area contributed by atoms with Gasteiger partial charge in [-0.1, -0.05) is 35.3 Å². The first-order valence-electron chi connectivity index (χ1n) is 4.35. The van der Waals surface area contributed by atoms with Crippen LogP contribution < -0.4 is 4.74 Å². The molecule has 2 aromatic carbocycles. The number of hydrogen-bond acceptors (Lipinski definition) is 1. The minimum absolute atomic E-state index is 0.465. The molecule has 0 aliphatic carbocycles. The van der Waals surface area contributed by atoms with Crippen molar-refractivity contribution in [1.82, 2.24) is 0 Å². The highest BCUT2D eigenvalue weighted by atomic mass is 35.5. The third-order valence-corrected chi connectivity index (χ3v) is 2.36. The molecule has 0 saturated heterocycles. The Hall–Kier alpha value is -1.18. The lowest BCUT2D eigenvalue weighted by atomic mass is 10.3. The highest BCUT2D eigenvalue weighted by Crippen LogP contribution is 2.28. The minimum Gasteiger partial charge on any atom is -0.456 e. The Morgan fingerprint density at radius 1 is 1.00 bits per heavy atom. The van der Waals surface area contributed by atoms with E-state index in [1.165, 1.54) is 0 Å². The van der Waals surface area contributed by atoms with Crippen LogP contribution in [0.25, 0.3) is 0 Å². The average Bonchev–Trinajstić information content (AvgIpc) is 2.25. The van der Waals surface area contributed by atoms with Gasteiger partial charge in [-0.2, -0.15) is 0 Å². The van der Waals surface area contributed by atoms with Gasteiger partial charge in [0.05, 0.1) is 5.02 Å². The van der Waals surface area contributed by atoms with E-state index in [0.29, 0.717) is 21.5 Å². The summed E-state index contributed by atoms with van der Waals surface area (Å²) in [6.07, 6.45) is 0.